The fourth-order valence-corrected chi connectivity index (χ4v) is 2.63. The summed E-state index contributed by atoms with van der Waals surface area (Å²) in [6, 6.07) is 6.87. The number of aromatic hydroxyl groups is 1. The molecule has 2 rings (SSSR count). The highest BCUT2D eigenvalue weighted by molar-refractivity contribution is 9.10. The van der Waals surface area contributed by atoms with E-state index in [1.165, 1.54) is 6.07 Å². The quantitative estimate of drug-likeness (QED) is 0.855. The van der Waals surface area contributed by atoms with Gasteiger partial charge in [0.25, 0.3) is 5.91 Å². The second-order valence-corrected chi connectivity index (χ2v) is 6.50. The Morgan fingerprint density at radius 3 is 2.73 bits per heavy atom. The summed E-state index contributed by atoms with van der Waals surface area (Å²) in [6.45, 7) is 7.30. The summed E-state index contributed by atoms with van der Waals surface area (Å²) in [5, 5.41) is 17.1. The molecule has 2 N–H and O–H groups in total. The molecule has 0 fully saturated rings. The van der Waals surface area contributed by atoms with Crippen LogP contribution in [-0.2, 0) is 6.54 Å². The van der Waals surface area contributed by atoms with Crippen LogP contribution in [0.5, 0.6) is 5.75 Å². The van der Waals surface area contributed by atoms with Crippen LogP contribution in [0.2, 0.25) is 0 Å². The van der Waals surface area contributed by atoms with Gasteiger partial charge in [-0.3, -0.25) is 9.48 Å². The van der Waals surface area contributed by atoms with Gasteiger partial charge in [0.15, 0.2) is 0 Å². The molecule has 1 amide bonds. The van der Waals surface area contributed by atoms with Crippen molar-refractivity contribution in [2.45, 2.75) is 27.3 Å². The van der Waals surface area contributed by atoms with Gasteiger partial charge >= 0.3 is 0 Å². The normalized spacial score (nSPS) is 12.2. The van der Waals surface area contributed by atoms with Crippen molar-refractivity contribution in [1.82, 2.24) is 15.1 Å². The minimum Gasteiger partial charge on any atom is -0.507 e. The van der Waals surface area contributed by atoms with Crippen LogP contribution in [0.1, 0.15) is 28.7 Å². The minimum atomic E-state index is -0.273. The van der Waals surface area contributed by atoms with Gasteiger partial charge in [0, 0.05) is 23.3 Å². The van der Waals surface area contributed by atoms with E-state index in [2.05, 4.69) is 33.3 Å². The topological polar surface area (TPSA) is 67.2 Å². The number of nitrogens with zero attached hydrogens (tertiary/aromatic N) is 2. The van der Waals surface area contributed by atoms with Crippen LogP contribution in [0, 0.1) is 19.8 Å². The number of phenols is 1. The Balaban J connectivity index is 1.91. The lowest BCUT2D eigenvalue weighted by atomic mass is 10.1. The van der Waals surface area contributed by atoms with Crippen molar-refractivity contribution in [1.29, 1.82) is 0 Å². The Labute approximate surface area is 138 Å². The van der Waals surface area contributed by atoms with Crippen molar-refractivity contribution >= 4 is 21.8 Å². The zero-order valence-corrected chi connectivity index (χ0v) is 14.5. The van der Waals surface area contributed by atoms with E-state index in [0.717, 1.165) is 22.4 Å². The lowest BCUT2D eigenvalue weighted by Gasteiger charge is -2.14. The van der Waals surface area contributed by atoms with Crippen molar-refractivity contribution in [3.63, 3.8) is 0 Å². The Morgan fingerprint density at radius 2 is 2.14 bits per heavy atom. The van der Waals surface area contributed by atoms with E-state index in [1.54, 1.807) is 12.1 Å². The van der Waals surface area contributed by atoms with Gasteiger partial charge in [-0.2, -0.15) is 5.10 Å². The number of phenolic OH excluding ortho intramolecular Hbond substituents is 1. The summed E-state index contributed by atoms with van der Waals surface area (Å²) in [4.78, 5) is 12.1. The standard InChI is InChI=1S/C16H20BrN3O2/c1-10(9-20-12(3)6-11(2)19-20)8-18-16(22)14-5-4-13(17)7-15(14)21/h4-7,10,21H,8-9H2,1-3H3,(H,18,22). The Hall–Kier alpha value is -1.82. The first-order valence-corrected chi connectivity index (χ1v) is 7.94. The summed E-state index contributed by atoms with van der Waals surface area (Å²) in [5.74, 6) is -0.0668. The number of amides is 1. The number of hydrogen-bond donors (Lipinski definition) is 2. The lowest BCUT2D eigenvalue weighted by Crippen LogP contribution is -2.30. The Morgan fingerprint density at radius 1 is 1.41 bits per heavy atom. The number of halogens is 1. The van der Waals surface area contributed by atoms with E-state index in [9.17, 15) is 9.90 Å². The maximum absolute atomic E-state index is 12.1. The molecule has 1 heterocycles. The molecule has 0 saturated carbocycles. The molecule has 0 radical (unpaired) electrons. The smallest absolute Gasteiger partial charge is 0.255 e. The molecule has 1 aromatic carbocycles. The second kappa shape index (κ2) is 6.96. The third-order valence-electron chi connectivity index (χ3n) is 3.40. The summed E-state index contributed by atoms with van der Waals surface area (Å²) in [5.41, 5.74) is 2.39. The number of hydrogen-bond acceptors (Lipinski definition) is 3. The predicted octanol–water partition coefficient (Wildman–Crippen LogP) is 3.03. The van der Waals surface area contributed by atoms with Gasteiger partial charge in [0.1, 0.15) is 5.75 Å². The number of aryl methyl sites for hydroxylation is 2. The van der Waals surface area contributed by atoms with Crippen LogP contribution < -0.4 is 5.32 Å². The molecule has 22 heavy (non-hydrogen) atoms. The summed E-state index contributed by atoms with van der Waals surface area (Å²) >= 11 is 3.25. The maximum atomic E-state index is 12.1. The van der Waals surface area contributed by atoms with E-state index in [4.69, 9.17) is 0 Å². The molecule has 0 bridgehead atoms. The van der Waals surface area contributed by atoms with E-state index in [0.29, 0.717) is 6.54 Å². The highest BCUT2D eigenvalue weighted by atomic mass is 79.9. The van der Waals surface area contributed by atoms with E-state index in [-0.39, 0.29) is 23.1 Å². The van der Waals surface area contributed by atoms with Gasteiger partial charge in [-0.05, 0) is 44.0 Å². The maximum Gasteiger partial charge on any atom is 0.255 e. The van der Waals surface area contributed by atoms with Crippen molar-refractivity contribution in [3.8, 4) is 5.75 Å². The number of nitrogens with one attached hydrogen (secondary N) is 1. The molecule has 6 heteroatoms. The van der Waals surface area contributed by atoms with E-state index < -0.39 is 0 Å². The molecule has 0 aliphatic heterocycles. The van der Waals surface area contributed by atoms with Gasteiger partial charge in [0.05, 0.1) is 11.3 Å². The van der Waals surface area contributed by atoms with Gasteiger partial charge in [0.2, 0.25) is 0 Å². The molecule has 0 saturated heterocycles. The Kier molecular flexibility index (Phi) is 5.24. The summed E-state index contributed by atoms with van der Waals surface area (Å²) in [6.07, 6.45) is 0. The van der Waals surface area contributed by atoms with Gasteiger partial charge in [-0.15, -0.1) is 0 Å². The zero-order chi connectivity index (χ0) is 16.3. The second-order valence-electron chi connectivity index (χ2n) is 5.59. The summed E-state index contributed by atoms with van der Waals surface area (Å²) < 4.78 is 2.68. The van der Waals surface area contributed by atoms with Crippen molar-refractivity contribution < 1.29 is 9.90 Å². The monoisotopic (exact) mass is 365 g/mol. The number of carbonyl (C=O) groups excluding carboxylic acids is 1. The van der Waals surface area contributed by atoms with Crippen molar-refractivity contribution in [2.75, 3.05) is 6.54 Å². The van der Waals surface area contributed by atoms with E-state index >= 15 is 0 Å². The highest BCUT2D eigenvalue weighted by Gasteiger charge is 2.13. The Bertz CT molecular complexity index is 682. The fraction of sp³-hybridized carbons (Fsp3) is 0.375. The predicted molar refractivity (Wildman–Crippen MR) is 89.0 cm³/mol. The molecule has 0 spiro atoms. The van der Waals surface area contributed by atoms with Crippen LogP contribution in [0.15, 0.2) is 28.7 Å². The SMILES string of the molecule is Cc1cc(C)n(CC(C)CNC(=O)c2ccc(Br)cc2O)n1. The fourth-order valence-electron chi connectivity index (χ4n) is 2.28. The average Bonchev–Trinajstić information content (AvgIpc) is 2.74. The molecule has 1 aromatic heterocycles. The lowest BCUT2D eigenvalue weighted by molar-refractivity contribution is 0.0944. The van der Waals surface area contributed by atoms with Crippen LogP contribution in [-0.4, -0.2) is 27.3 Å². The molecular formula is C16H20BrN3O2. The number of aromatic nitrogens is 2. The van der Waals surface area contributed by atoms with E-state index in [1.807, 2.05) is 24.6 Å². The van der Waals surface area contributed by atoms with Crippen LogP contribution in [0.25, 0.3) is 0 Å². The first kappa shape index (κ1) is 16.5. The summed E-state index contributed by atoms with van der Waals surface area (Å²) in [7, 11) is 0. The number of benzene rings is 1. The van der Waals surface area contributed by atoms with Crippen LogP contribution in [0.3, 0.4) is 0 Å². The number of rotatable bonds is 5. The van der Waals surface area contributed by atoms with Crippen molar-refractivity contribution in [3.05, 3.63) is 45.7 Å². The molecule has 0 aliphatic carbocycles. The molecule has 118 valence electrons. The molecule has 1 unspecified atom stereocenters. The minimum absolute atomic E-state index is 0.0296. The largest absolute Gasteiger partial charge is 0.507 e. The molecular weight excluding hydrogens is 346 g/mol. The highest BCUT2D eigenvalue weighted by Crippen LogP contribution is 2.22. The third-order valence-corrected chi connectivity index (χ3v) is 3.90. The average molecular weight is 366 g/mol. The molecule has 1 atom stereocenters. The zero-order valence-electron chi connectivity index (χ0n) is 12.9. The van der Waals surface area contributed by atoms with Gasteiger partial charge in [-0.1, -0.05) is 22.9 Å². The third kappa shape index (κ3) is 4.10. The molecule has 0 aliphatic rings. The van der Waals surface area contributed by atoms with Gasteiger partial charge in [-0.25, -0.2) is 0 Å². The van der Waals surface area contributed by atoms with Crippen LogP contribution in [0.4, 0.5) is 0 Å². The number of carbonyl (C=O) groups is 1. The molecule has 5 nitrogen and oxygen atoms in total. The first-order chi connectivity index (χ1) is 10.4. The van der Waals surface area contributed by atoms with Gasteiger partial charge < -0.3 is 10.4 Å². The van der Waals surface area contributed by atoms with Crippen molar-refractivity contribution in [2.24, 2.45) is 5.92 Å². The first-order valence-electron chi connectivity index (χ1n) is 7.14. The van der Waals surface area contributed by atoms with Crippen LogP contribution >= 0.6 is 15.9 Å². The molecule has 2 aromatic rings.